The van der Waals surface area contributed by atoms with Crippen LogP contribution in [0, 0.1) is 0 Å². The highest BCUT2D eigenvalue weighted by Gasteiger charge is 2.13. The van der Waals surface area contributed by atoms with Crippen LogP contribution in [-0.4, -0.2) is 23.5 Å². The molecule has 0 aliphatic rings. The van der Waals surface area contributed by atoms with Crippen LogP contribution in [0.4, 0.5) is 0 Å². The third-order valence-corrected chi connectivity index (χ3v) is 4.05. The average Bonchev–Trinajstić information content (AvgIpc) is 2.57. The first-order chi connectivity index (χ1) is 11.2. The van der Waals surface area contributed by atoms with E-state index in [-0.39, 0.29) is 0 Å². The molecule has 0 fully saturated rings. The summed E-state index contributed by atoms with van der Waals surface area (Å²) in [5.74, 6) is 0.958. The van der Waals surface area contributed by atoms with Crippen LogP contribution in [0.15, 0.2) is 55.4 Å². The molecule has 0 amide bonds. The molecule has 0 saturated carbocycles. The third-order valence-electron chi connectivity index (χ3n) is 4.05. The predicted octanol–water partition coefficient (Wildman–Crippen LogP) is 4.40. The number of pyridine rings is 1. The van der Waals surface area contributed by atoms with Gasteiger partial charge in [-0.3, -0.25) is 9.88 Å². The minimum atomic E-state index is 0.318. The van der Waals surface area contributed by atoms with Gasteiger partial charge < -0.3 is 4.74 Å². The SMILES string of the molecule is C=CCc1cc(CN(C)[C@H](C)c2cccnc2)ccc1OCC. The van der Waals surface area contributed by atoms with E-state index >= 15 is 0 Å². The Morgan fingerprint density at radius 2 is 2.17 bits per heavy atom. The Balaban J connectivity index is 2.12. The van der Waals surface area contributed by atoms with Crippen LogP contribution in [0.5, 0.6) is 5.75 Å². The summed E-state index contributed by atoms with van der Waals surface area (Å²) in [5.41, 5.74) is 3.71. The van der Waals surface area contributed by atoms with Gasteiger partial charge in [-0.05, 0) is 56.1 Å². The van der Waals surface area contributed by atoms with Crippen LogP contribution in [0.3, 0.4) is 0 Å². The number of nitrogens with zero attached hydrogens (tertiary/aromatic N) is 2. The first kappa shape index (κ1) is 17.2. The second-order valence-corrected chi connectivity index (χ2v) is 5.75. The number of benzene rings is 1. The van der Waals surface area contributed by atoms with Gasteiger partial charge in [0.1, 0.15) is 5.75 Å². The lowest BCUT2D eigenvalue weighted by atomic mass is 10.0. The van der Waals surface area contributed by atoms with E-state index < -0.39 is 0 Å². The number of ether oxygens (including phenoxy) is 1. The van der Waals surface area contributed by atoms with E-state index in [1.165, 1.54) is 16.7 Å². The number of hydrogen-bond acceptors (Lipinski definition) is 3. The van der Waals surface area contributed by atoms with Crippen molar-refractivity contribution in [2.75, 3.05) is 13.7 Å². The molecular weight excluding hydrogens is 284 g/mol. The number of hydrogen-bond donors (Lipinski definition) is 0. The maximum Gasteiger partial charge on any atom is 0.122 e. The molecule has 3 heteroatoms. The van der Waals surface area contributed by atoms with Crippen LogP contribution >= 0.6 is 0 Å². The standard InChI is InChI=1S/C20H26N2O/c1-5-8-18-13-17(10-11-20(18)23-6-2)15-22(4)16(3)19-9-7-12-21-14-19/h5,7,9-14,16H,1,6,8,15H2,2-4H3/t16-/m1/s1. The zero-order valence-corrected chi connectivity index (χ0v) is 14.3. The lowest BCUT2D eigenvalue weighted by Crippen LogP contribution is -2.22. The molecule has 0 unspecified atom stereocenters. The Hall–Kier alpha value is -2.13. The van der Waals surface area contributed by atoms with E-state index in [2.05, 4.69) is 54.7 Å². The summed E-state index contributed by atoms with van der Waals surface area (Å²) in [7, 11) is 2.14. The highest BCUT2D eigenvalue weighted by Crippen LogP contribution is 2.24. The highest BCUT2D eigenvalue weighted by atomic mass is 16.5. The van der Waals surface area contributed by atoms with E-state index in [9.17, 15) is 0 Å². The molecule has 0 spiro atoms. The second-order valence-electron chi connectivity index (χ2n) is 5.75. The molecule has 2 rings (SSSR count). The number of aromatic nitrogens is 1. The van der Waals surface area contributed by atoms with Crippen molar-refractivity contribution < 1.29 is 4.74 Å². The predicted molar refractivity (Wildman–Crippen MR) is 95.6 cm³/mol. The van der Waals surface area contributed by atoms with Crippen LogP contribution in [0.2, 0.25) is 0 Å². The summed E-state index contributed by atoms with van der Waals surface area (Å²) in [6.45, 7) is 9.62. The fourth-order valence-electron chi connectivity index (χ4n) is 2.64. The van der Waals surface area contributed by atoms with E-state index in [4.69, 9.17) is 4.74 Å². The molecular formula is C20H26N2O. The quantitative estimate of drug-likeness (QED) is 0.676. The van der Waals surface area contributed by atoms with E-state index in [1.807, 2.05) is 31.5 Å². The lowest BCUT2D eigenvalue weighted by Gasteiger charge is -2.25. The Kier molecular flexibility index (Phi) is 6.36. The van der Waals surface area contributed by atoms with Gasteiger partial charge in [0.05, 0.1) is 6.61 Å². The van der Waals surface area contributed by atoms with Crippen molar-refractivity contribution in [3.05, 3.63) is 72.1 Å². The Bertz CT molecular complexity index is 625. The van der Waals surface area contributed by atoms with Crippen molar-refractivity contribution in [2.45, 2.75) is 32.9 Å². The minimum Gasteiger partial charge on any atom is -0.494 e. The fourth-order valence-corrected chi connectivity index (χ4v) is 2.64. The van der Waals surface area contributed by atoms with Crippen LogP contribution in [0.1, 0.15) is 36.6 Å². The van der Waals surface area contributed by atoms with E-state index in [0.717, 1.165) is 18.7 Å². The highest BCUT2D eigenvalue weighted by molar-refractivity contribution is 5.38. The van der Waals surface area contributed by atoms with Gasteiger partial charge >= 0.3 is 0 Å². The maximum absolute atomic E-state index is 5.70. The summed E-state index contributed by atoms with van der Waals surface area (Å²) in [6, 6.07) is 10.9. The van der Waals surface area contributed by atoms with Crippen molar-refractivity contribution in [3.63, 3.8) is 0 Å². The van der Waals surface area contributed by atoms with Gasteiger partial charge in [0.25, 0.3) is 0 Å². The molecule has 1 aromatic heterocycles. The van der Waals surface area contributed by atoms with Crippen LogP contribution in [-0.2, 0) is 13.0 Å². The van der Waals surface area contributed by atoms with Gasteiger partial charge in [0, 0.05) is 25.0 Å². The first-order valence-electron chi connectivity index (χ1n) is 8.11. The van der Waals surface area contributed by atoms with Gasteiger partial charge in [-0.15, -0.1) is 6.58 Å². The number of allylic oxidation sites excluding steroid dienone is 1. The van der Waals surface area contributed by atoms with Crippen molar-refractivity contribution in [1.29, 1.82) is 0 Å². The fraction of sp³-hybridized carbons (Fsp3) is 0.350. The summed E-state index contributed by atoms with van der Waals surface area (Å²) in [4.78, 5) is 6.54. The molecule has 1 aromatic carbocycles. The molecule has 2 aromatic rings. The van der Waals surface area contributed by atoms with Crippen molar-refractivity contribution in [2.24, 2.45) is 0 Å². The second kappa shape index (κ2) is 8.49. The van der Waals surface area contributed by atoms with Crippen molar-refractivity contribution in [1.82, 2.24) is 9.88 Å². The first-order valence-corrected chi connectivity index (χ1v) is 8.11. The molecule has 0 aliphatic carbocycles. The third kappa shape index (κ3) is 4.67. The monoisotopic (exact) mass is 310 g/mol. The lowest BCUT2D eigenvalue weighted by molar-refractivity contribution is 0.252. The van der Waals surface area contributed by atoms with Gasteiger partial charge in [0.2, 0.25) is 0 Å². The Morgan fingerprint density at radius 1 is 1.35 bits per heavy atom. The van der Waals surface area contributed by atoms with Crippen LogP contribution in [0.25, 0.3) is 0 Å². The summed E-state index contributed by atoms with van der Waals surface area (Å²) in [6.07, 6.45) is 6.49. The van der Waals surface area contributed by atoms with Crippen LogP contribution < -0.4 is 4.74 Å². The summed E-state index contributed by atoms with van der Waals surface area (Å²) < 4.78 is 5.70. The van der Waals surface area contributed by atoms with Gasteiger partial charge in [-0.1, -0.05) is 24.3 Å². The molecule has 0 N–H and O–H groups in total. The Labute approximate surface area is 139 Å². The molecule has 0 aliphatic heterocycles. The molecule has 23 heavy (non-hydrogen) atoms. The summed E-state index contributed by atoms with van der Waals surface area (Å²) >= 11 is 0. The molecule has 1 heterocycles. The molecule has 1 atom stereocenters. The Morgan fingerprint density at radius 3 is 2.83 bits per heavy atom. The molecule has 122 valence electrons. The molecule has 0 radical (unpaired) electrons. The molecule has 0 saturated heterocycles. The number of rotatable bonds is 8. The topological polar surface area (TPSA) is 25.4 Å². The van der Waals surface area contributed by atoms with Gasteiger partial charge in [0.15, 0.2) is 0 Å². The molecule has 3 nitrogen and oxygen atoms in total. The minimum absolute atomic E-state index is 0.318. The smallest absolute Gasteiger partial charge is 0.122 e. The zero-order valence-electron chi connectivity index (χ0n) is 14.3. The van der Waals surface area contributed by atoms with Gasteiger partial charge in [-0.25, -0.2) is 0 Å². The largest absolute Gasteiger partial charge is 0.494 e. The van der Waals surface area contributed by atoms with E-state index in [0.29, 0.717) is 12.6 Å². The maximum atomic E-state index is 5.70. The average molecular weight is 310 g/mol. The zero-order chi connectivity index (χ0) is 16.7. The van der Waals surface area contributed by atoms with Crippen molar-refractivity contribution in [3.8, 4) is 5.75 Å². The van der Waals surface area contributed by atoms with Gasteiger partial charge in [-0.2, -0.15) is 0 Å². The van der Waals surface area contributed by atoms with E-state index in [1.54, 1.807) is 0 Å². The van der Waals surface area contributed by atoms with Crippen molar-refractivity contribution >= 4 is 0 Å². The molecule has 0 bridgehead atoms. The normalized spacial score (nSPS) is 12.2. The summed E-state index contributed by atoms with van der Waals surface area (Å²) in [5, 5.41) is 0.